The zero-order valence-corrected chi connectivity index (χ0v) is 15.9. The molecule has 1 fully saturated rings. The average molecular weight is 364 g/mol. The van der Waals surface area contributed by atoms with E-state index in [-0.39, 0.29) is 24.2 Å². The standard InChI is InChI=1S/C23H28N2O2/c1-16-14-19(15-27-16)24-23(26)25-22(18-9-3-2-4-10-18)21-13-7-11-17-8-5-6-12-20(17)21/h2-6,8-10,12,16,19,21-22H,7,11,13-15H2,1H3,(H2,24,25,26). The van der Waals surface area contributed by atoms with E-state index in [1.807, 2.05) is 25.1 Å². The van der Waals surface area contributed by atoms with Crippen molar-refractivity contribution in [3.63, 3.8) is 0 Å². The van der Waals surface area contributed by atoms with Gasteiger partial charge in [-0.05, 0) is 49.3 Å². The van der Waals surface area contributed by atoms with E-state index < -0.39 is 0 Å². The molecule has 4 nitrogen and oxygen atoms in total. The van der Waals surface area contributed by atoms with E-state index in [0.29, 0.717) is 12.5 Å². The lowest BCUT2D eigenvalue weighted by molar-refractivity contribution is 0.122. The van der Waals surface area contributed by atoms with Gasteiger partial charge in [0.25, 0.3) is 0 Å². The molecule has 2 aliphatic rings. The maximum atomic E-state index is 12.8. The number of urea groups is 1. The summed E-state index contributed by atoms with van der Waals surface area (Å²) < 4.78 is 5.58. The summed E-state index contributed by atoms with van der Waals surface area (Å²) in [5.41, 5.74) is 3.94. The molecule has 0 aromatic heterocycles. The number of nitrogens with one attached hydrogen (secondary N) is 2. The smallest absolute Gasteiger partial charge is 0.315 e. The van der Waals surface area contributed by atoms with Crippen molar-refractivity contribution >= 4 is 6.03 Å². The molecule has 4 atom stereocenters. The zero-order valence-electron chi connectivity index (χ0n) is 15.9. The van der Waals surface area contributed by atoms with Gasteiger partial charge in [-0.3, -0.25) is 0 Å². The van der Waals surface area contributed by atoms with Crippen LogP contribution in [0.3, 0.4) is 0 Å². The first-order valence-corrected chi connectivity index (χ1v) is 10.0. The van der Waals surface area contributed by atoms with Crippen molar-refractivity contribution in [2.45, 2.75) is 56.7 Å². The fourth-order valence-electron chi connectivity index (χ4n) is 4.50. The van der Waals surface area contributed by atoms with Crippen molar-refractivity contribution < 1.29 is 9.53 Å². The Morgan fingerprint density at radius 3 is 2.67 bits per heavy atom. The van der Waals surface area contributed by atoms with Crippen molar-refractivity contribution in [3.05, 3.63) is 71.3 Å². The SMILES string of the molecule is CC1CC(NC(=O)NC(c2ccccc2)C2CCCc3ccccc32)CO1. The van der Waals surface area contributed by atoms with Gasteiger partial charge in [0.2, 0.25) is 0 Å². The maximum Gasteiger partial charge on any atom is 0.315 e. The molecule has 142 valence electrons. The molecular weight excluding hydrogens is 336 g/mol. The molecule has 1 saturated heterocycles. The molecule has 2 N–H and O–H groups in total. The van der Waals surface area contributed by atoms with Gasteiger partial charge in [0.1, 0.15) is 0 Å². The molecule has 0 radical (unpaired) electrons. The lowest BCUT2D eigenvalue weighted by atomic mass is 9.77. The Morgan fingerprint density at radius 2 is 1.89 bits per heavy atom. The summed E-state index contributed by atoms with van der Waals surface area (Å²) >= 11 is 0. The van der Waals surface area contributed by atoms with Gasteiger partial charge in [-0.1, -0.05) is 54.6 Å². The van der Waals surface area contributed by atoms with Gasteiger partial charge in [0.15, 0.2) is 0 Å². The summed E-state index contributed by atoms with van der Waals surface area (Å²) in [7, 11) is 0. The third kappa shape index (κ3) is 4.16. The van der Waals surface area contributed by atoms with Crippen LogP contribution in [0, 0.1) is 0 Å². The molecular formula is C23H28N2O2. The number of rotatable bonds is 4. The average Bonchev–Trinajstić information content (AvgIpc) is 3.11. The predicted octanol–water partition coefficient (Wildman–Crippen LogP) is 4.32. The van der Waals surface area contributed by atoms with E-state index in [9.17, 15) is 4.79 Å². The van der Waals surface area contributed by atoms with Gasteiger partial charge in [-0.15, -0.1) is 0 Å². The fraction of sp³-hybridized carbons (Fsp3) is 0.435. The lowest BCUT2D eigenvalue weighted by Crippen LogP contribution is -2.45. The third-order valence-corrected chi connectivity index (χ3v) is 5.80. The normalized spacial score (nSPS) is 25.4. The highest BCUT2D eigenvalue weighted by molar-refractivity contribution is 5.75. The molecule has 2 aromatic carbocycles. The Labute approximate surface area is 161 Å². The molecule has 27 heavy (non-hydrogen) atoms. The summed E-state index contributed by atoms with van der Waals surface area (Å²) in [5, 5.41) is 6.38. The summed E-state index contributed by atoms with van der Waals surface area (Å²) in [4.78, 5) is 12.8. The highest BCUT2D eigenvalue weighted by atomic mass is 16.5. The van der Waals surface area contributed by atoms with Crippen LogP contribution in [0.1, 0.15) is 54.8 Å². The first kappa shape index (κ1) is 18.1. The third-order valence-electron chi connectivity index (χ3n) is 5.80. The van der Waals surface area contributed by atoms with Crippen LogP contribution in [0.25, 0.3) is 0 Å². The van der Waals surface area contributed by atoms with Crippen LogP contribution in [0.15, 0.2) is 54.6 Å². The van der Waals surface area contributed by atoms with Crippen LogP contribution in [-0.4, -0.2) is 24.8 Å². The predicted molar refractivity (Wildman–Crippen MR) is 107 cm³/mol. The van der Waals surface area contributed by atoms with Crippen molar-refractivity contribution in [2.24, 2.45) is 0 Å². The second-order valence-corrected chi connectivity index (χ2v) is 7.78. The molecule has 2 amide bonds. The quantitative estimate of drug-likeness (QED) is 0.849. The van der Waals surface area contributed by atoms with E-state index in [4.69, 9.17) is 4.74 Å². The summed E-state index contributed by atoms with van der Waals surface area (Å²) in [6.07, 6.45) is 4.45. The van der Waals surface area contributed by atoms with Crippen molar-refractivity contribution in [3.8, 4) is 0 Å². The van der Waals surface area contributed by atoms with Crippen LogP contribution in [0.4, 0.5) is 4.79 Å². The van der Waals surface area contributed by atoms with Gasteiger partial charge < -0.3 is 15.4 Å². The molecule has 0 saturated carbocycles. The molecule has 0 bridgehead atoms. The van der Waals surface area contributed by atoms with Gasteiger partial charge in [-0.2, -0.15) is 0 Å². The number of amides is 2. The largest absolute Gasteiger partial charge is 0.376 e. The van der Waals surface area contributed by atoms with E-state index in [0.717, 1.165) is 31.2 Å². The first-order valence-electron chi connectivity index (χ1n) is 10.0. The number of hydrogen-bond donors (Lipinski definition) is 2. The highest BCUT2D eigenvalue weighted by Crippen LogP contribution is 2.40. The van der Waals surface area contributed by atoms with Crippen LogP contribution in [0.5, 0.6) is 0 Å². The molecule has 1 aliphatic heterocycles. The van der Waals surface area contributed by atoms with Gasteiger partial charge in [0.05, 0.1) is 24.8 Å². The van der Waals surface area contributed by atoms with Crippen LogP contribution in [-0.2, 0) is 11.2 Å². The van der Waals surface area contributed by atoms with E-state index in [2.05, 4.69) is 47.0 Å². The van der Waals surface area contributed by atoms with E-state index >= 15 is 0 Å². The van der Waals surface area contributed by atoms with Crippen molar-refractivity contribution in [1.82, 2.24) is 10.6 Å². The van der Waals surface area contributed by atoms with Crippen LogP contribution >= 0.6 is 0 Å². The minimum atomic E-state index is -0.102. The summed E-state index contributed by atoms with van der Waals surface area (Å²) in [6, 6.07) is 19.0. The van der Waals surface area contributed by atoms with E-state index in [1.165, 1.54) is 11.1 Å². The lowest BCUT2D eigenvalue weighted by Gasteiger charge is -2.33. The maximum absolute atomic E-state index is 12.8. The van der Waals surface area contributed by atoms with Gasteiger partial charge in [0, 0.05) is 5.92 Å². The van der Waals surface area contributed by atoms with Gasteiger partial charge >= 0.3 is 6.03 Å². The molecule has 1 heterocycles. The van der Waals surface area contributed by atoms with Crippen LogP contribution in [0.2, 0.25) is 0 Å². The highest BCUT2D eigenvalue weighted by Gasteiger charge is 2.31. The molecule has 4 heteroatoms. The Kier molecular flexibility index (Phi) is 5.44. The second kappa shape index (κ2) is 8.13. The minimum absolute atomic E-state index is 0.0348. The van der Waals surface area contributed by atoms with E-state index in [1.54, 1.807) is 0 Å². The number of carbonyl (C=O) groups excluding carboxylic acids is 1. The Bertz CT molecular complexity index is 777. The Balaban J connectivity index is 1.56. The van der Waals surface area contributed by atoms with Crippen molar-refractivity contribution in [1.29, 1.82) is 0 Å². The summed E-state index contributed by atoms with van der Waals surface area (Å²) in [6.45, 7) is 2.64. The second-order valence-electron chi connectivity index (χ2n) is 7.78. The molecule has 1 aliphatic carbocycles. The van der Waals surface area contributed by atoms with Crippen LogP contribution < -0.4 is 10.6 Å². The summed E-state index contributed by atoms with van der Waals surface area (Å²) in [5.74, 6) is 0.293. The number of carbonyl (C=O) groups is 1. The number of aryl methyl sites for hydroxylation is 1. The molecule has 2 aromatic rings. The minimum Gasteiger partial charge on any atom is -0.376 e. The molecule has 4 rings (SSSR count). The number of hydrogen-bond acceptors (Lipinski definition) is 2. The monoisotopic (exact) mass is 364 g/mol. The molecule has 4 unspecified atom stereocenters. The number of fused-ring (bicyclic) bond motifs is 1. The molecule has 0 spiro atoms. The zero-order chi connectivity index (χ0) is 18.6. The van der Waals surface area contributed by atoms with Gasteiger partial charge in [-0.25, -0.2) is 4.79 Å². The van der Waals surface area contributed by atoms with Crippen molar-refractivity contribution in [2.75, 3.05) is 6.61 Å². The number of ether oxygens (including phenoxy) is 1. The topological polar surface area (TPSA) is 50.4 Å². The fourth-order valence-corrected chi connectivity index (χ4v) is 4.50. The first-order chi connectivity index (χ1) is 13.2. The Morgan fingerprint density at radius 1 is 1.11 bits per heavy atom. The number of benzene rings is 2. The Hall–Kier alpha value is -2.33.